The van der Waals surface area contributed by atoms with E-state index in [4.69, 9.17) is 9.47 Å². The molecule has 1 unspecified atom stereocenters. The van der Waals surface area contributed by atoms with Gasteiger partial charge in [0.2, 0.25) is 0 Å². The lowest BCUT2D eigenvalue weighted by molar-refractivity contribution is -0.146. The summed E-state index contributed by atoms with van der Waals surface area (Å²) in [5.74, 6) is -0.477. The number of ether oxygens (including phenoxy) is 2. The predicted molar refractivity (Wildman–Crippen MR) is 54.2 cm³/mol. The van der Waals surface area contributed by atoms with E-state index >= 15 is 0 Å². The number of nitrogens with zero attached hydrogens (tertiary/aromatic N) is 2. The summed E-state index contributed by atoms with van der Waals surface area (Å²) in [6.45, 7) is 5.99. The Morgan fingerprint density at radius 2 is 2.13 bits per heavy atom. The van der Waals surface area contributed by atoms with Crippen LogP contribution in [0.15, 0.2) is 6.20 Å². The molecule has 1 fully saturated rings. The zero-order valence-electron chi connectivity index (χ0n) is 9.36. The van der Waals surface area contributed by atoms with Gasteiger partial charge in [0.25, 0.3) is 0 Å². The molecule has 1 aromatic heterocycles. The minimum atomic E-state index is -0.477. The van der Waals surface area contributed by atoms with Crippen LogP contribution in [0.25, 0.3) is 0 Å². The summed E-state index contributed by atoms with van der Waals surface area (Å²) in [7, 11) is 0. The van der Waals surface area contributed by atoms with Crippen molar-refractivity contribution in [3.63, 3.8) is 0 Å². The molecule has 1 saturated heterocycles. The normalized spacial score (nSPS) is 29.5. The van der Waals surface area contributed by atoms with Crippen LogP contribution in [-0.2, 0) is 15.9 Å². The highest BCUT2D eigenvalue weighted by molar-refractivity contribution is 4.96. The maximum atomic E-state index is 5.82. The van der Waals surface area contributed by atoms with Crippen LogP contribution in [0.4, 0.5) is 0 Å². The maximum Gasteiger partial charge on any atom is 0.163 e. The molecule has 0 spiro atoms. The highest BCUT2D eigenvalue weighted by atomic mass is 16.7. The summed E-state index contributed by atoms with van der Waals surface area (Å²) in [5, 5.41) is 10.3. The Kier molecular flexibility index (Phi) is 2.75. The molecule has 0 saturated carbocycles. The fourth-order valence-electron chi connectivity index (χ4n) is 1.96. The molecule has 0 bridgehead atoms. The lowest BCUT2D eigenvalue weighted by Gasteiger charge is -2.16. The first-order valence-corrected chi connectivity index (χ1v) is 5.31. The summed E-state index contributed by atoms with van der Waals surface area (Å²) in [4.78, 5) is 0. The molecular formula is C10H17N3O2. The van der Waals surface area contributed by atoms with Crippen LogP contribution in [0.1, 0.15) is 32.9 Å². The van der Waals surface area contributed by atoms with Gasteiger partial charge in [0, 0.05) is 12.6 Å². The quantitative estimate of drug-likeness (QED) is 0.818. The van der Waals surface area contributed by atoms with Gasteiger partial charge in [0.05, 0.1) is 17.9 Å². The third-order valence-corrected chi connectivity index (χ3v) is 2.57. The van der Waals surface area contributed by atoms with E-state index in [1.807, 2.05) is 13.8 Å². The minimum Gasteiger partial charge on any atom is -0.345 e. The minimum absolute atomic E-state index is 0.0788. The molecule has 1 aliphatic heterocycles. The van der Waals surface area contributed by atoms with E-state index in [1.54, 1.807) is 6.20 Å². The predicted octanol–water partition coefficient (Wildman–Crippen LogP) is 1.28. The number of rotatable bonds is 3. The Bertz CT molecular complexity index is 310. The van der Waals surface area contributed by atoms with Gasteiger partial charge in [0.1, 0.15) is 0 Å². The van der Waals surface area contributed by atoms with Crippen molar-refractivity contribution >= 4 is 0 Å². The fraction of sp³-hybridized carbons (Fsp3) is 0.800. The van der Waals surface area contributed by atoms with Crippen molar-refractivity contribution in [3.8, 4) is 0 Å². The number of aromatic nitrogens is 3. The van der Waals surface area contributed by atoms with Crippen LogP contribution >= 0.6 is 0 Å². The molecular weight excluding hydrogens is 194 g/mol. The second kappa shape index (κ2) is 3.90. The topological polar surface area (TPSA) is 60.0 Å². The van der Waals surface area contributed by atoms with E-state index in [9.17, 15) is 0 Å². The number of H-pyrrole nitrogens is 1. The third kappa shape index (κ3) is 2.35. The fourth-order valence-corrected chi connectivity index (χ4v) is 1.96. The van der Waals surface area contributed by atoms with Crippen LogP contribution in [0, 0.1) is 0 Å². The Morgan fingerprint density at radius 1 is 1.40 bits per heavy atom. The lowest BCUT2D eigenvalue weighted by Crippen LogP contribution is -2.24. The van der Waals surface area contributed by atoms with Crippen LogP contribution < -0.4 is 0 Å². The molecule has 1 aliphatic rings. The Labute approximate surface area is 89.2 Å². The largest absolute Gasteiger partial charge is 0.345 e. The van der Waals surface area contributed by atoms with Gasteiger partial charge in [-0.05, 0) is 20.3 Å². The zero-order chi connectivity index (χ0) is 10.9. The van der Waals surface area contributed by atoms with Gasteiger partial charge in [-0.3, -0.25) is 5.10 Å². The molecule has 0 aliphatic carbocycles. The Hall–Kier alpha value is -0.940. The van der Waals surface area contributed by atoms with Gasteiger partial charge in [-0.15, -0.1) is 5.10 Å². The second-order valence-corrected chi connectivity index (χ2v) is 4.29. The summed E-state index contributed by atoms with van der Waals surface area (Å²) in [6, 6.07) is 0. The molecule has 0 aromatic carbocycles. The Morgan fingerprint density at radius 3 is 2.73 bits per heavy atom. The zero-order valence-corrected chi connectivity index (χ0v) is 9.36. The molecule has 2 heterocycles. The van der Waals surface area contributed by atoms with E-state index in [0.717, 1.165) is 18.5 Å². The molecule has 84 valence electrons. The first kappa shape index (κ1) is 10.6. The SMILES string of the molecule is CCC1OC(C)(C)O[C@@H]1Cc1c[nH]nn1. The van der Waals surface area contributed by atoms with Gasteiger partial charge in [-0.2, -0.15) is 0 Å². The van der Waals surface area contributed by atoms with Crippen LogP contribution in [0.3, 0.4) is 0 Å². The molecule has 15 heavy (non-hydrogen) atoms. The number of hydrogen-bond acceptors (Lipinski definition) is 4. The van der Waals surface area contributed by atoms with Gasteiger partial charge >= 0.3 is 0 Å². The van der Waals surface area contributed by atoms with E-state index < -0.39 is 5.79 Å². The molecule has 0 radical (unpaired) electrons. The first-order valence-electron chi connectivity index (χ1n) is 5.31. The van der Waals surface area contributed by atoms with Gasteiger partial charge in [-0.1, -0.05) is 12.1 Å². The maximum absolute atomic E-state index is 5.82. The molecule has 1 N–H and O–H groups in total. The molecule has 2 rings (SSSR count). The van der Waals surface area contributed by atoms with E-state index in [0.29, 0.717) is 0 Å². The van der Waals surface area contributed by atoms with Crippen molar-refractivity contribution < 1.29 is 9.47 Å². The number of hydrogen-bond donors (Lipinski definition) is 1. The summed E-state index contributed by atoms with van der Waals surface area (Å²) >= 11 is 0. The number of nitrogens with one attached hydrogen (secondary N) is 1. The highest BCUT2D eigenvalue weighted by Crippen LogP contribution is 2.31. The van der Waals surface area contributed by atoms with Crippen LogP contribution in [0.5, 0.6) is 0 Å². The Balaban J connectivity index is 2.02. The average Bonchev–Trinajstić information content (AvgIpc) is 2.74. The number of aromatic amines is 1. The first-order chi connectivity index (χ1) is 7.11. The monoisotopic (exact) mass is 211 g/mol. The van der Waals surface area contributed by atoms with E-state index in [-0.39, 0.29) is 12.2 Å². The van der Waals surface area contributed by atoms with Crippen LogP contribution in [0.2, 0.25) is 0 Å². The van der Waals surface area contributed by atoms with Gasteiger partial charge < -0.3 is 9.47 Å². The molecule has 5 nitrogen and oxygen atoms in total. The van der Waals surface area contributed by atoms with Crippen molar-refractivity contribution in [2.45, 2.75) is 51.6 Å². The highest BCUT2D eigenvalue weighted by Gasteiger charge is 2.40. The summed E-state index contributed by atoms with van der Waals surface area (Å²) < 4.78 is 11.6. The van der Waals surface area contributed by atoms with Crippen molar-refractivity contribution in [2.75, 3.05) is 0 Å². The van der Waals surface area contributed by atoms with E-state index in [2.05, 4.69) is 22.3 Å². The van der Waals surface area contributed by atoms with Gasteiger partial charge in [-0.25, -0.2) is 0 Å². The van der Waals surface area contributed by atoms with Crippen molar-refractivity contribution in [1.29, 1.82) is 0 Å². The smallest absolute Gasteiger partial charge is 0.163 e. The van der Waals surface area contributed by atoms with Crippen molar-refractivity contribution in [1.82, 2.24) is 15.4 Å². The van der Waals surface area contributed by atoms with Crippen molar-refractivity contribution in [2.24, 2.45) is 0 Å². The standard InChI is InChI=1S/C10H17N3O2/c1-4-8-9(15-10(2,3)14-8)5-7-6-11-13-12-7/h6,8-9H,4-5H2,1-3H3,(H,11,12,13)/t8?,9-/m1/s1. The van der Waals surface area contributed by atoms with E-state index in [1.165, 1.54) is 0 Å². The average molecular weight is 211 g/mol. The van der Waals surface area contributed by atoms with Crippen molar-refractivity contribution in [3.05, 3.63) is 11.9 Å². The molecule has 2 atom stereocenters. The molecule has 0 amide bonds. The lowest BCUT2D eigenvalue weighted by atomic mass is 10.1. The summed E-state index contributed by atoms with van der Waals surface area (Å²) in [5.41, 5.74) is 0.916. The second-order valence-electron chi connectivity index (χ2n) is 4.29. The van der Waals surface area contributed by atoms with Gasteiger partial charge in [0.15, 0.2) is 5.79 Å². The summed E-state index contributed by atoms with van der Waals surface area (Å²) in [6.07, 6.45) is 3.72. The molecule has 5 heteroatoms. The van der Waals surface area contributed by atoms with Crippen LogP contribution in [-0.4, -0.2) is 33.4 Å². The third-order valence-electron chi connectivity index (χ3n) is 2.57. The molecule has 1 aromatic rings.